The minimum absolute atomic E-state index is 0.183. The van der Waals surface area contributed by atoms with E-state index in [0.717, 1.165) is 30.7 Å². The van der Waals surface area contributed by atoms with E-state index >= 15 is 0 Å². The van der Waals surface area contributed by atoms with Gasteiger partial charge in [-0.05, 0) is 26.2 Å². The molecule has 2 heterocycles. The normalized spacial score (nSPS) is 12.6. The Balaban J connectivity index is 1.82. The van der Waals surface area contributed by atoms with Crippen molar-refractivity contribution in [3.8, 4) is 0 Å². The Labute approximate surface area is 136 Å². The number of hydrogen-bond acceptors (Lipinski definition) is 6. The number of carbonyl (C=O) groups excluding carboxylic acids is 1. The predicted molar refractivity (Wildman–Crippen MR) is 84.4 cm³/mol. The topological polar surface area (TPSA) is 78.4 Å². The van der Waals surface area contributed by atoms with Crippen LogP contribution >= 0.6 is 0 Å². The lowest BCUT2D eigenvalue weighted by Gasteiger charge is -2.05. The van der Waals surface area contributed by atoms with E-state index in [-0.39, 0.29) is 11.6 Å². The van der Waals surface area contributed by atoms with Crippen molar-refractivity contribution in [3.05, 3.63) is 35.0 Å². The summed E-state index contributed by atoms with van der Waals surface area (Å²) in [5, 5.41) is 7.85. The summed E-state index contributed by atoms with van der Waals surface area (Å²) in [5.41, 5.74) is 1.21. The van der Waals surface area contributed by atoms with Gasteiger partial charge in [0.05, 0.1) is 12.3 Å². The Hall–Kier alpha value is -2.11. The number of aryl methyl sites for hydroxylation is 1. The number of hydrogen-bond donors (Lipinski definition) is 0. The van der Waals surface area contributed by atoms with Crippen LogP contribution < -0.4 is 0 Å². The molecule has 1 atom stereocenters. The van der Waals surface area contributed by atoms with Crippen molar-refractivity contribution in [1.82, 2.24) is 10.3 Å². The summed E-state index contributed by atoms with van der Waals surface area (Å²) in [7, 11) is 0. The second-order valence-electron chi connectivity index (χ2n) is 6.00. The van der Waals surface area contributed by atoms with Crippen LogP contribution in [0.5, 0.6) is 0 Å². The maximum atomic E-state index is 11.6. The standard InChI is InChI=1S/C17H24N2O4/c1-5-21-17(20)14-10-16(23-19-14)12(4)7-6-8-13-9-15(11(2)3)22-18-13/h9-12H,5-8H2,1-4H3. The monoisotopic (exact) mass is 320 g/mol. The van der Waals surface area contributed by atoms with Crippen molar-refractivity contribution < 1.29 is 18.6 Å². The van der Waals surface area contributed by atoms with Gasteiger partial charge in [0.1, 0.15) is 11.5 Å². The Kier molecular flexibility index (Phi) is 5.96. The highest BCUT2D eigenvalue weighted by Gasteiger charge is 2.17. The van der Waals surface area contributed by atoms with Crippen LogP contribution in [0.15, 0.2) is 21.2 Å². The lowest BCUT2D eigenvalue weighted by atomic mass is 10.00. The van der Waals surface area contributed by atoms with Gasteiger partial charge in [-0.3, -0.25) is 0 Å². The molecule has 2 aromatic heterocycles. The molecule has 0 N–H and O–H groups in total. The second kappa shape index (κ2) is 7.94. The molecule has 2 rings (SSSR count). The predicted octanol–water partition coefficient (Wildman–Crippen LogP) is 4.09. The maximum absolute atomic E-state index is 11.6. The van der Waals surface area contributed by atoms with Gasteiger partial charge in [0.15, 0.2) is 5.69 Å². The molecule has 1 unspecified atom stereocenters. The lowest BCUT2D eigenvalue weighted by Crippen LogP contribution is -2.04. The van der Waals surface area contributed by atoms with Crippen LogP contribution in [0, 0.1) is 0 Å². The number of nitrogens with zero attached hydrogens (tertiary/aromatic N) is 2. The fourth-order valence-electron chi connectivity index (χ4n) is 2.27. The molecule has 0 saturated carbocycles. The van der Waals surface area contributed by atoms with E-state index in [0.29, 0.717) is 18.3 Å². The second-order valence-corrected chi connectivity index (χ2v) is 6.00. The highest BCUT2D eigenvalue weighted by Crippen LogP contribution is 2.23. The van der Waals surface area contributed by atoms with E-state index in [1.165, 1.54) is 0 Å². The van der Waals surface area contributed by atoms with Crippen LogP contribution in [0.4, 0.5) is 0 Å². The molecule has 0 radical (unpaired) electrons. The zero-order valence-corrected chi connectivity index (χ0v) is 14.2. The van der Waals surface area contributed by atoms with Gasteiger partial charge in [0.25, 0.3) is 0 Å². The number of aromatic nitrogens is 2. The fraction of sp³-hybridized carbons (Fsp3) is 0.588. The van der Waals surface area contributed by atoms with Crippen molar-refractivity contribution in [2.24, 2.45) is 0 Å². The third-order valence-electron chi connectivity index (χ3n) is 3.71. The SMILES string of the molecule is CCOC(=O)c1cc(C(C)CCCc2cc(C(C)C)on2)on1. The molecule has 0 amide bonds. The summed E-state index contributed by atoms with van der Waals surface area (Å²) in [6, 6.07) is 3.68. The Bertz CT molecular complexity index is 630. The molecule has 0 fully saturated rings. The largest absolute Gasteiger partial charge is 0.461 e. The highest BCUT2D eigenvalue weighted by molar-refractivity contribution is 5.87. The maximum Gasteiger partial charge on any atom is 0.360 e. The quantitative estimate of drug-likeness (QED) is 0.682. The summed E-state index contributed by atoms with van der Waals surface area (Å²) in [5.74, 6) is 1.71. The van der Waals surface area contributed by atoms with Gasteiger partial charge in [-0.2, -0.15) is 0 Å². The van der Waals surface area contributed by atoms with Crippen LogP contribution in [0.1, 0.15) is 80.1 Å². The molecule has 6 nitrogen and oxygen atoms in total. The van der Waals surface area contributed by atoms with Gasteiger partial charge in [-0.25, -0.2) is 4.79 Å². The van der Waals surface area contributed by atoms with Gasteiger partial charge in [0.2, 0.25) is 0 Å². The smallest absolute Gasteiger partial charge is 0.360 e. The average molecular weight is 320 g/mol. The van der Waals surface area contributed by atoms with E-state index in [4.69, 9.17) is 13.8 Å². The molecular weight excluding hydrogens is 296 g/mol. The van der Waals surface area contributed by atoms with E-state index in [2.05, 4.69) is 31.1 Å². The minimum atomic E-state index is -0.446. The summed E-state index contributed by atoms with van der Waals surface area (Å²) in [6.07, 6.45) is 2.74. The average Bonchev–Trinajstić information content (AvgIpc) is 3.17. The van der Waals surface area contributed by atoms with Crippen molar-refractivity contribution >= 4 is 5.97 Å². The molecule has 2 aromatic rings. The number of carbonyl (C=O) groups is 1. The molecule has 0 spiro atoms. The number of esters is 1. The van der Waals surface area contributed by atoms with Gasteiger partial charge >= 0.3 is 5.97 Å². The van der Waals surface area contributed by atoms with Crippen molar-refractivity contribution in [2.45, 2.75) is 58.8 Å². The fourth-order valence-corrected chi connectivity index (χ4v) is 2.27. The highest BCUT2D eigenvalue weighted by atomic mass is 16.5. The molecule has 6 heteroatoms. The molecule has 0 aromatic carbocycles. The molecular formula is C17H24N2O4. The molecule has 0 bridgehead atoms. The Morgan fingerprint density at radius 2 is 1.91 bits per heavy atom. The van der Waals surface area contributed by atoms with Crippen molar-refractivity contribution in [2.75, 3.05) is 6.61 Å². The first-order chi connectivity index (χ1) is 11.0. The summed E-state index contributed by atoms with van der Waals surface area (Å²) < 4.78 is 15.4. The minimum Gasteiger partial charge on any atom is -0.461 e. The van der Waals surface area contributed by atoms with Crippen LogP contribution in [0.3, 0.4) is 0 Å². The van der Waals surface area contributed by atoms with Crippen LogP contribution in [0.25, 0.3) is 0 Å². The lowest BCUT2D eigenvalue weighted by molar-refractivity contribution is 0.0514. The van der Waals surface area contributed by atoms with Crippen molar-refractivity contribution in [1.29, 1.82) is 0 Å². The molecule has 0 aliphatic carbocycles. The molecule has 0 aliphatic rings. The van der Waals surface area contributed by atoms with E-state index in [1.807, 2.05) is 6.07 Å². The van der Waals surface area contributed by atoms with Gasteiger partial charge in [-0.1, -0.05) is 31.1 Å². The van der Waals surface area contributed by atoms with Crippen molar-refractivity contribution in [3.63, 3.8) is 0 Å². The first kappa shape index (κ1) is 17.2. The molecule has 0 saturated heterocycles. The zero-order valence-electron chi connectivity index (χ0n) is 14.2. The van der Waals surface area contributed by atoms with Gasteiger partial charge in [-0.15, -0.1) is 0 Å². The van der Waals surface area contributed by atoms with E-state index < -0.39 is 5.97 Å². The first-order valence-electron chi connectivity index (χ1n) is 8.10. The van der Waals surface area contributed by atoms with E-state index in [1.54, 1.807) is 13.0 Å². The third-order valence-corrected chi connectivity index (χ3v) is 3.71. The summed E-state index contributed by atoms with van der Waals surface area (Å²) in [6.45, 7) is 8.30. The summed E-state index contributed by atoms with van der Waals surface area (Å²) in [4.78, 5) is 11.6. The number of ether oxygens (including phenoxy) is 1. The van der Waals surface area contributed by atoms with Crippen LogP contribution in [0.2, 0.25) is 0 Å². The Morgan fingerprint density at radius 3 is 2.57 bits per heavy atom. The van der Waals surface area contributed by atoms with Crippen LogP contribution in [-0.4, -0.2) is 22.9 Å². The van der Waals surface area contributed by atoms with Crippen LogP contribution in [-0.2, 0) is 11.2 Å². The molecule has 0 aliphatic heterocycles. The summed E-state index contributed by atoms with van der Waals surface area (Å²) >= 11 is 0. The third kappa shape index (κ3) is 4.68. The van der Waals surface area contributed by atoms with Gasteiger partial charge < -0.3 is 13.8 Å². The molecule has 23 heavy (non-hydrogen) atoms. The van der Waals surface area contributed by atoms with E-state index in [9.17, 15) is 4.79 Å². The Morgan fingerprint density at radius 1 is 1.17 bits per heavy atom. The molecule has 126 valence electrons. The number of rotatable bonds is 8. The van der Waals surface area contributed by atoms with Gasteiger partial charge in [0, 0.05) is 24.0 Å². The first-order valence-corrected chi connectivity index (χ1v) is 8.10. The zero-order chi connectivity index (χ0) is 16.8.